The van der Waals surface area contributed by atoms with Crippen LogP contribution in [-0.4, -0.2) is 26.6 Å². The Bertz CT molecular complexity index is 1470. The third-order valence-electron chi connectivity index (χ3n) is 5.90. The Balaban J connectivity index is 1.60. The number of alkyl halides is 2. The van der Waals surface area contributed by atoms with Crippen LogP contribution in [0.1, 0.15) is 23.9 Å². The van der Waals surface area contributed by atoms with Gasteiger partial charge in [0.1, 0.15) is 11.6 Å². The van der Waals surface area contributed by atoms with Crippen molar-refractivity contribution in [3.63, 3.8) is 0 Å². The second kappa shape index (κ2) is 8.11. The van der Waals surface area contributed by atoms with Gasteiger partial charge in [0.25, 0.3) is 0 Å². The minimum absolute atomic E-state index is 0.111. The van der Waals surface area contributed by atoms with E-state index in [4.69, 9.17) is 26.1 Å². The summed E-state index contributed by atoms with van der Waals surface area (Å²) < 4.78 is 52.6. The first-order valence-electron chi connectivity index (χ1n) is 10.3. The van der Waals surface area contributed by atoms with E-state index >= 15 is 0 Å². The molecule has 3 aromatic carbocycles. The molecule has 170 valence electrons. The lowest BCUT2D eigenvalue weighted by atomic mass is 10.0. The number of aryl methyl sites for hydroxylation is 1. The minimum Gasteiger partial charge on any atom is -0.434 e. The molecule has 2 heterocycles. The van der Waals surface area contributed by atoms with Gasteiger partial charge in [0.15, 0.2) is 0 Å². The lowest BCUT2D eigenvalue weighted by Crippen LogP contribution is -2.10. The molecule has 1 aliphatic rings. The first-order chi connectivity index (χ1) is 15.7. The van der Waals surface area contributed by atoms with E-state index in [1.807, 2.05) is 30.3 Å². The van der Waals surface area contributed by atoms with Gasteiger partial charge in [-0.25, -0.2) is 14.0 Å². The van der Waals surface area contributed by atoms with Crippen molar-refractivity contribution in [3.8, 4) is 16.9 Å². The summed E-state index contributed by atoms with van der Waals surface area (Å²) >= 11 is 6.20. The number of hydrogen-bond acceptors (Lipinski definition) is 4. The highest BCUT2D eigenvalue weighted by Gasteiger charge is 2.30. The highest BCUT2D eigenvalue weighted by atomic mass is 35.5. The van der Waals surface area contributed by atoms with Crippen LogP contribution < -0.4 is 4.74 Å². The standard InChI is InChI=1S/C24H20ClF2N3O2S/c1-33(28,31)17-6-2-14(3-7-17)15-4-8-19-21(12-15)30-20(9-11-23(30)29-19)18-13-16(25)5-10-22(18)32-24(26)27/h2-8,10,12-13,20,24,28H,9,11H2,1H3/t20-,33?/m1/s1. The fourth-order valence-electron chi connectivity index (χ4n) is 4.43. The number of halogens is 3. The van der Waals surface area contributed by atoms with E-state index in [-0.39, 0.29) is 11.8 Å². The summed E-state index contributed by atoms with van der Waals surface area (Å²) in [4.78, 5) is 5.22. The zero-order valence-electron chi connectivity index (χ0n) is 17.6. The molecule has 0 bridgehead atoms. The molecule has 9 heteroatoms. The number of imidazole rings is 1. The molecule has 0 spiro atoms. The van der Waals surface area contributed by atoms with Crippen LogP contribution in [0.5, 0.6) is 5.75 Å². The van der Waals surface area contributed by atoms with Crippen LogP contribution in [0.25, 0.3) is 22.2 Å². The molecule has 4 aromatic rings. The van der Waals surface area contributed by atoms with Gasteiger partial charge in [-0.05, 0) is 60.0 Å². The van der Waals surface area contributed by atoms with Crippen LogP contribution in [0.3, 0.4) is 0 Å². The summed E-state index contributed by atoms with van der Waals surface area (Å²) in [6.45, 7) is -2.93. The van der Waals surface area contributed by atoms with Crippen LogP contribution in [0.4, 0.5) is 8.78 Å². The summed E-state index contributed by atoms with van der Waals surface area (Å²) in [5.74, 6) is 0.991. The van der Waals surface area contributed by atoms with Crippen molar-refractivity contribution < 1.29 is 17.7 Å². The fraction of sp³-hybridized carbons (Fsp3) is 0.208. The number of ether oxygens (including phenoxy) is 1. The molecular weight excluding hydrogens is 468 g/mol. The second-order valence-corrected chi connectivity index (χ2v) is 10.7. The van der Waals surface area contributed by atoms with Crippen LogP contribution >= 0.6 is 11.6 Å². The predicted octanol–water partition coefficient (Wildman–Crippen LogP) is 6.53. The fourth-order valence-corrected chi connectivity index (χ4v) is 5.26. The number of nitrogens with one attached hydrogen (secondary N) is 1. The molecule has 0 saturated carbocycles. The molecule has 1 aromatic heterocycles. The molecule has 1 unspecified atom stereocenters. The smallest absolute Gasteiger partial charge is 0.387 e. The largest absolute Gasteiger partial charge is 0.434 e. The number of benzene rings is 3. The molecule has 33 heavy (non-hydrogen) atoms. The summed E-state index contributed by atoms with van der Waals surface area (Å²) in [7, 11) is -2.78. The van der Waals surface area contributed by atoms with Gasteiger partial charge in [-0.2, -0.15) is 8.78 Å². The van der Waals surface area contributed by atoms with E-state index in [1.165, 1.54) is 18.4 Å². The summed E-state index contributed by atoms with van der Waals surface area (Å²) in [6, 6.07) is 17.5. The van der Waals surface area contributed by atoms with Gasteiger partial charge in [0.2, 0.25) is 0 Å². The second-order valence-electron chi connectivity index (χ2n) is 8.08. The Hall–Kier alpha value is -2.97. The topological polar surface area (TPSA) is 68.0 Å². The number of nitrogens with zero attached hydrogens (tertiary/aromatic N) is 2. The number of rotatable bonds is 5. The van der Waals surface area contributed by atoms with Gasteiger partial charge in [0, 0.05) is 28.2 Å². The number of aromatic nitrogens is 2. The third-order valence-corrected chi connectivity index (χ3v) is 7.31. The van der Waals surface area contributed by atoms with E-state index in [0.717, 1.165) is 28.0 Å². The summed E-state index contributed by atoms with van der Waals surface area (Å²) in [5, 5.41) is 0.451. The minimum atomic E-state index is -2.93. The average molecular weight is 488 g/mol. The monoisotopic (exact) mass is 487 g/mol. The van der Waals surface area contributed by atoms with Crippen molar-refractivity contribution in [1.29, 1.82) is 4.78 Å². The molecule has 2 atom stereocenters. The lowest BCUT2D eigenvalue weighted by molar-refractivity contribution is -0.0506. The van der Waals surface area contributed by atoms with Crippen LogP contribution in [0.2, 0.25) is 5.02 Å². The quantitative estimate of drug-likeness (QED) is 0.348. The Morgan fingerprint density at radius 1 is 1.12 bits per heavy atom. The van der Waals surface area contributed by atoms with Crippen LogP contribution in [-0.2, 0) is 16.1 Å². The summed E-state index contributed by atoms with van der Waals surface area (Å²) in [6.07, 6.45) is 2.80. The van der Waals surface area contributed by atoms with Gasteiger partial charge in [-0.3, -0.25) is 0 Å². The third kappa shape index (κ3) is 4.09. The summed E-state index contributed by atoms with van der Waals surface area (Å²) in [5.41, 5.74) is 4.15. The van der Waals surface area contributed by atoms with Crippen molar-refractivity contribution in [2.24, 2.45) is 0 Å². The highest BCUT2D eigenvalue weighted by Crippen LogP contribution is 2.41. The van der Waals surface area contributed by atoms with Gasteiger partial charge >= 0.3 is 6.61 Å². The first-order valence-corrected chi connectivity index (χ1v) is 12.6. The predicted molar refractivity (Wildman–Crippen MR) is 125 cm³/mol. The average Bonchev–Trinajstić information content (AvgIpc) is 3.33. The van der Waals surface area contributed by atoms with Crippen molar-refractivity contribution in [2.75, 3.05) is 6.26 Å². The number of hydrogen-bond donors (Lipinski definition) is 1. The molecule has 5 nitrogen and oxygen atoms in total. The molecule has 0 aliphatic carbocycles. The van der Waals surface area contributed by atoms with Crippen molar-refractivity contribution >= 4 is 32.4 Å². The normalized spacial score (nSPS) is 17.3. The van der Waals surface area contributed by atoms with E-state index < -0.39 is 16.3 Å². The van der Waals surface area contributed by atoms with Crippen molar-refractivity contribution in [3.05, 3.63) is 77.1 Å². The molecule has 0 radical (unpaired) electrons. The molecule has 0 amide bonds. The van der Waals surface area contributed by atoms with Gasteiger partial charge in [-0.1, -0.05) is 29.8 Å². The maximum absolute atomic E-state index is 13.0. The first kappa shape index (κ1) is 21.9. The zero-order valence-corrected chi connectivity index (χ0v) is 19.2. The number of fused-ring (bicyclic) bond motifs is 3. The Labute approximate surface area is 195 Å². The van der Waals surface area contributed by atoms with Gasteiger partial charge in [-0.15, -0.1) is 0 Å². The van der Waals surface area contributed by atoms with E-state index in [2.05, 4.69) is 4.57 Å². The molecule has 5 rings (SSSR count). The maximum atomic E-state index is 13.0. The zero-order chi connectivity index (χ0) is 23.3. The Morgan fingerprint density at radius 3 is 2.55 bits per heavy atom. The molecule has 0 saturated heterocycles. The molecule has 0 fully saturated rings. The SMILES string of the molecule is CS(=N)(=O)c1ccc(-c2ccc3nc4n(c3c2)[C@@H](c2cc(Cl)ccc2OC(F)F)CC4)cc1. The van der Waals surface area contributed by atoms with E-state index in [0.29, 0.717) is 28.3 Å². The van der Waals surface area contributed by atoms with Crippen molar-refractivity contribution in [2.45, 2.75) is 30.4 Å². The lowest BCUT2D eigenvalue weighted by Gasteiger charge is -2.19. The molecule has 1 N–H and O–H groups in total. The Kier molecular flexibility index (Phi) is 5.37. The Morgan fingerprint density at radius 2 is 1.85 bits per heavy atom. The van der Waals surface area contributed by atoms with Crippen LogP contribution in [0, 0.1) is 4.78 Å². The van der Waals surface area contributed by atoms with Gasteiger partial charge in [0.05, 0.1) is 26.8 Å². The van der Waals surface area contributed by atoms with Gasteiger partial charge < -0.3 is 9.30 Å². The highest BCUT2D eigenvalue weighted by molar-refractivity contribution is 7.91. The molecule has 1 aliphatic heterocycles. The van der Waals surface area contributed by atoms with Crippen LogP contribution in [0.15, 0.2) is 65.6 Å². The molecular formula is C24H20ClF2N3O2S. The van der Waals surface area contributed by atoms with E-state index in [9.17, 15) is 13.0 Å². The van der Waals surface area contributed by atoms with E-state index in [1.54, 1.807) is 18.2 Å². The maximum Gasteiger partial charge on any atom is 0.387 e. The van der Waals surface area contributed by atoms with Crippen molar-refractivity contribution in [1.82, 2.24) is 9.55 Å².